The molecule has 0 bridgehead atoms. The van der Waals surface area contributed by atoms with Crippen molar-refractivity contribution in [1.82, 2.24) is 5.32 Å². The Labute approximate surface area is 88.4 Å². The Morgan fingerprint density at radius 2 is 2.07 bits per heavy atom. The summed E-state index contributed by atoms with van der Waals surface area (Å²) >= 11 is 0. The van der Waals surface area contributed by atoms with Crippen LogP contribution in [-0.2, 0) is 4.74 Å². The van der Waals surface area contributed by atoms with Crippen LogP contribution in [0.15, 0.2) is 0 Å². The number of methoxy groups -OCH3 is 1. The second-order valence-corrected chi connectivity index (χ2v) is 4.60. The van der Waals surface area contributed by atoms with Crippen LogP contribution in [0.1, 0.15) is 46.0 Å². The molecule has 1 saturated carbocycles. The van der Waals surface area contributed by atoms with Gasteiger partial charge < -0.3 is 10.1 Å². The Kier molecular flexibility index (Phi) is 5.49. The third-order valence-corrected chi connectivity index (χ3v) is 3.42. The maximum atomic E-state index is 5.21. The van der Waals surface area contributed by atoms with Gasteiger partial charge in [-0.1, -0.05) is 26.7 Å². The molecular formula is C12H25NO. The van der Waals surface area contributed by atoms with Gasteiger partial charge in [-0.15, -0.1) is 0 Å². The SMILES string of the molecule is CCC(COC)NC1CCCCC1C. The first-order chi connectivity index (χ1) is 6.77. The first kappa shape index (κ1) is 12.0. The molecular weight excluding hydrogens is 174 g/mol. The van der Waals surface area contributed by atoms with Gasteiger partial charge in [0, 0.05) is 19.2 Å². The minimum absolute atomic E-state index is 0.547. The van der Waals surface area contributed by atoms with Crippen molar-refractivity contribution >= 4 is 0 Å². The van der Waals surface area contributed by atoms with Crippen molar-refractivity contribution in [3.63, 3.8) is 0 Å². The third-order valence-electron chi connectivity index (χ3n) is 3.42. The summed E-state index contributed by atoms with van der Waals surface area (Å²) in [6.07, 6.45) is 6.71. The lowest BCUT2D eigenvalue weighted by atomic mass is 9.85. The van der Waals surface area contributed by atoms with E-state index in [1.54, 1.807) is 7.11 Å². The van der Waals surface area contributed by atoms with E-state index in [-0.39, 0.29) is 0 Å². The van der Waals surface area contributed by atoms with Crippen molar-refractivity contribution in [1.29, 1.82) is 0 Å². The molecule has 1 fully saturated rings. The molecule has 3 atom stereocenters. The predicted molar refractivity (Wildman–Crippen MR) is 60.5 cm³/mol. The second-order valence-electron chi connectivity index (χ2n) is 4.60. The van der Waals surface area contributed by atoms with Gasteiger partial charge in [-0.2, -0.15) is 0 Å². The smallest absolute Gasteiger partial charge is 0.0615 e. The highest BCUT2D eigenvalue weighted by molar-refractivity contribution is 4.81. The van der Waals surface area contributed by atoms with E-state index in [1.807, 2.05) is 0 Å². The quantitative estimate of drug-likeness (QED) is 0.735. The van der Waals surface area contributed by atoms with Crippen LogP contribution in [0.3, 0.4) is 0 Å². The summed E-state index contributed by atoms with van der Waals surface area (Å²) in [5, 5.41) is 3.73. The van der Waals surface area contributed by atoms with Crippen molar-refractivity contribution < 1.29 is 4.74 Å². The fourth-order valence-electron chi connectivity index (χ4n) is 2.35. The fourth-order valence-corrected chi connectivity index (χ4v) is 2.35. The summed E-state index contributed by atoms with van der Waals surface area (Å²) < 4.78 is 5.21. The number of ether oxygens (including phenoxy) is 1. The molecule has 0 aromatic carbocycles. The van der Waals surface area contributed by atoms with Gasteiger partial charge in [-0.05, 0) is 25.2 Å². The monoisotopic (exact) mass is 199 g/mol. The average molecular weight is 199 g/mol. The van der Waals surface area contributed by atoms with Crippen LogP contribution < -0.4 is 5.32 Å². The van der Waals surface area contributed by atoms with Crippen molar-refractivity contribution in [2.45, 2.75) is 58.0 Å². The normalized spacial score (nSPS) is 30.2. The largest absolute Gasteiger partial charge is 0.383 e. The van der Waals surface area contributed by atoms with E-state index in [0.717, 1.165) is 25.0 Å². The summed E-state index contributed by atoms with van der Waals surface area (Å²) in [5.74, 6) is 0.842. The van der Waals surface area contributed by atoms with Crippen LogP contribution in [0.4, 0.5) is 0 Å². The molecule has 84 valence electrons. The Bertz CT molecular complexity index is 149. The molecule has 0 saturated heterocycles. The highest BCUT2D eigenvalue weighted by atomic mass is 16.5. The van der Waals surface area contributed by atoms with E-state index in [9.17, 15) is 0 Å². The topological polar surface area (TPSA) is 21.3 Å². The molecule has 1 rings (SSSR count). The maximum absolute atomic E-state index is 5.21. The number of nitrogens with one attached hydrogen (secondary N) is 1. The third kappa shape index (κ3) is 3.58. The van der Waals surface area contributed by atoms with Gasteiger partial charge in [0.15, 0.2) is 0 Å². The van der Waals surface area contributed by atoms with Crippen LogP contribution in [0.2, 0.25) is 0 Å². The standard InChI is InChI=1S/C12H25NO/c1-4-11(9-14-3)13-12-8-6-5-7-10(12)2/h10-13H,4-9H2,1-3H3. The number of hydrogen-bond donors (Lipinski definition) is 1. The van der Waals surface area contributed by atoms with Crippen molar-refractivity contribution in [2.75, 3.05) is 13.7 Å². The number of rotatable bonds is 5. The Balaban J connectivity index is 2.31. The predicted octanol–water partition coefficient (Wildman–Crippen LogP) is 2.58. The zero-order valence-corrected chi connectivity index (χ0v) is 9.88. The molecule has 0 spiro atoms. The molecule has 1 N–H and O–H groups in total. The van der Waals surface area contributed by atoms with Gasteiger partial charge >= 0.3 is 0 Å². The van der Waals surface area contributed by atoms with Gasteiger partial charge in [0.1, 0.15) is 0 Å². The molecule has 0 amide bonds. The minimum atomic E-state index is 0.547. The van der Waals surface area contributed by atoms with Crippen molar-refractivity contribution in [2.24, 2.45) is 5.92 Å². The maximum Gasteiger partial charge on any atom is 0.0615 e. The lowest BCUT2D eigenvalue weighted by Crippen LogP contribution is -2.45. The highest BCUT2D eigenvalue weighted by Gasteiger charge is 2.22. The first-order valence-electron chi connectivity index (χ1n) is 6.03. The van der Waals surface area contributed by atoms with E-state index in [0.29, 0.717) is 6.04 Å². The van der Waals surface area contributed by atoms with Gasteiger partial charge in [-0.25, -0.2) is 0 Å². The molecule has 0 radical (unpaired) electrons. The molecule has 0 aromatic heterocycles. The van der Waals surface area contributed by atoms with E-state index in [1.165, 1.54) is 25.7 Å². The molecule has 0 aliphatic heterocycles. The van der Waals surface area contributed by atoms with Gasteiger partial charge in [0.25, 0.3) is 0 Å². The van der Waals surface area contributed by atoms with Gasteiger partial charge in [0.05, 0.1) is 6.61 Å². The molecule has 2 heteroatoms. The highest BCUT2D eigenvalue weighted by Crippen LogP contribution is 2.24. The van der Waals surface area contributed by atoms with Crippen LogP contribution in [0.25, 0.3) is 0 Å². The van der Waals surface area contributed by atoms with Gasteiger partial charge in [0.2, 0.25) is 0 Å². The summed E-state index contributed by atoms with van der Waals surface area (Å²) in [6, 6.07) is 1.27. The zero-order chi connectivity index (χ0) is 10.4. The summed E-state index contributed by atoms with van der Waals surface area (Å²) in [5.41, 5.74) is 0. The van der Waals surface area contributed by atoms with E-state index >= 15 is 0 Å². The summed E-state index contributed by atoms with van der Waals surface area (Å²) in [4.78, 5) is 0. The van der Waals surface area contributed by atoms with E-state index in [4.69, 9.17) is 4.74 Å². The fraction of sp³-hybridized carbons (Fsp3) is 1.00. The van der Waals surface area contributed by atoms with Crippen molar-refractivity contribution in [3.05, 3.63) is 0 Å². The minimum Gasteiger partial charge on any atom is -0.383 e. The Hall–Kier alpha value is -0.0800. The van der Waals surface area contributed by atoms with Crippen LogP contribution in [-0.4, -0.2) is 25.8 Å². The van der Waals surface area contributed by atoms with E-state index in [2.05, 4.69) is 19.2 Å². The second kappa shape index (κ2) is 6.41. The Morgan fingerprint density at radius 1 is 1.36 bits per heavy atom. The molecule has 1 aliphatic rings. The molecule has 3 unspecified atom stereocenters. The van der Waals surface area contributed by atoms with Crippen molar-refractivity contribution in [3.8, 4) is 0 Å². The summed E-state index contributed by atoms with van der Waals surface area (Å²) in [7, 11) is 1.79. The summed E-state index contributed by atoms with van der Waals surface area (Å²) in [6.45, 7) is 5.44. The lowest BCUT2D eigenvalue weighted by molar-refractivity contribution is 0.144. The Morgan fingerprint density at radius 3 is 2.64 bits per heavy atom. The first-order valence-corrected chi connectivity index (χ1v) is 6.03. The lowest BCUT2D eigenvalue weighted by Gasteiger charge is -2.32. The van der Waals surface area contributed by atoms with Crippen LogP contribution >= 0.6 is 0 Å². The molecule has 14 heavy (non-hydrogen) atoms. The van der Waals surface area contributed by atoms with Gasteiger partial charge in [-0.3, -0.25) is 0 Å². The molecule has 2 nitrogen and oxygen atoms in total. The molecule has 0 heterocycles. The average Bonchev–Trinajstić information content (AvgIpc) is 2.20. The zero-order valence-electron chi connectivity index (χ0n) is 9.88. The number of hydrogen-bond acceptors (Lipinski definition) is 2. The van der Waals surface area contributed by atoms with Crippen LogP contribution in [0, 0.1) is 5.92 Å². The molecule has 1 aliphatic carbocycles. The molecule has 0 aromatic rings. The van der Waals surface area contributed by atoms with Crippen LogP contribution in [0.5, 0.6) is 0 Å². The van der Waals surface area contributed by atoms with E-state index < -0.39 is 0 Å².